The third-order valence-electron chi connectivity index (χ3n) is 7.18. The first kappa shape index (κ1) is 21.9. The van der Waals surface area contributed by atoms with Crippen LogP contribution in [0, 0.1) is 5.82 Å². The van der Waals surface area contributed by atoms with Crippen LogP contribution in [-0.4, -0.2) is 77.3 Å². The Morgan fingerprint density at radius 2 is 1.97 bits per heavy atom. The van der Waals surface area contributed by atoms with Crippen molar-refractivity contribution in [2.75, 3.05) is 26.2 Å². The Bertz CT molecular complexity index is 905. The van der Waals surface area contributed by atoms with Crippen LogP contribution >= 0.6 is 11.6 Å². The molecule has 0 radical (unpaired) electrons. The minimum absolute atomic E-state index is 0.00121. The fourth-order valence-electron chi connectivity index (χ4n) is 5.66. The molecule has 2 aliphatic heterocycles. The topological polar surface area (TPSA) is 103 Å². The zero-order valence-corrected chi connectivity index (χ0v) is 18.5. The smallest absolute Gasteiger partial charge is 0.258 e. The SMILES string of the molecule is O=C(COc1ccc(Cl)c(F)c1)NC12CC(NC(=O)C3CC(N4CC(O)C4)CCN3)(C1)C2. The second-order valence-electron chi connectivity index (χ2n) is 9.79. The molecule has 2 bridgehead atoms. The molecule has 2 saturated heterocycles. The van der Waals surface area contributed by atoms with Gasteiger partial charge in [0, 0.05) is 36.3 Å². The second-order valence-corrected chi connectivity index (χ2v) is 10.2. The van der Waals surface area contributed by atoms with Crippen molar-refractivity contribution in [1.82, 2.24) is 20.9 Å². The van der Waals surface area contributed by atoms with E-state index in [0.29, 0.717) is 38.4 Å². The highest BCUT2D eigenvalue weighted by Gasteiger charge is 2.69. The van der Waals surface area contributed by atoms with E-state index in [2.05, 4.69) is 20.9 Å². The third kappa shape index (κ3) is 4.19. The average Bonchev–Trinajstić information content (AvgIpc) is 2.70. The molecule has 3 saturated carbocycles. The molecule has 1 aromatic rings. The van der Waals surface area contributed by atoms with Crippen LogP contribution in [0.3, 0.4) is 0 Å². The number of carbonyl (C=O) groups excluding carboxylic acids is 2. The predicted octanol–water partition coefficient (Wildman–Crippen LogP) is 0.562. The molecule has 174 valence electrons. The molecule has 4 N–H and O–H groups in total. The number of nitrogens with one attached hydrogen (secondary N) is 3. The number of piperidine rings is 1. The molecule has 5 fully saturated rings. The van der Waals surface area contributed by atoms with Gasteiger partial charge in [-0.15, -0.1) is 0 Å². The molecule has 10 heteroatoms. The van der Waals surface area contributed by atoms with Gasteiger partial charge in [0.05, 0.1) is 17.2 Å². The van der Waals surface area contributed by atoms with Crippen LogP contribution in [0.1, 0.15) is 32.1 Å². The Labute approximate surface area is 190 Å². The second kappa shape index (κ2) is 8.13. The Morgan fingerprint density at radius 1 is 1.25 bits per heavy atom. The molecule has 2 amide bonds. The zero-order valence-electron chi connectivity index (χ0n) is 17.7. The summed E-state index contributed by atoms with van der Waals surface area (Å²) in [5, 5.41) is 19.0. The molecule has 2 atom stereocenters. The fourth-order valence-corrected chi connectivity index (χ4v) is 5.78. The van der Waals surface area contributed by atoms with E-state index in [9.17, 15) is 19.1 Å². The lowest BCUT2D eigenvalue weighted by molar-refractivity contribution is -0.152. The maximum Gasteiger partial charge on any atom is 0.258 e. The average molecular weight is 467 g/mol. The summed E-state index contributed by atoms with van der Waals surface area (Å²) in [6.45, 7) is 1.98. The molecule has 1 aromatic carbocycles. The van der Waals surface area contributed by atoms with Crippen LogP contribution in [0.2, 0.25) is 5.02 Å². The van der Waals surface area contributed by atoms with Gasteiger partial charge in [-0.2, -0.15) is 0 Å². The van der Waals surface area contributed by atoms with Gasteiger partial charge in [0.1, 0.15) is 11.6 Å². The Kier molecular flexibility index (Phi) is 5.56. The standard InChI is InChI=1S/C22H28ClFN4O4/c23-16-2-1-15(6-17(16)24)32-9-19(30)26-21-10-22(11-21,12-21)27-20(31)18-5-13(3-4-25-18)28-7-14(29)8-28/h1-2,6,13-14,18,25,29H,3-5,7-12H2,(H,26,30)(H,27,31). The third-order valence-corrected chi connectivity index (χ3v) is 7.49. The quantitative estimate of drug-likeness (QED) is 0.468. The molecular formula is C22H28ClFN4O4. The molecule has 6 rings (SSSR count). The molecule has 0 aromatic heterocycles. The highest BCUT2D eigenvalue weighted by molar-refractivity contribution is 6.30. The van der Waals surface area contributed by atoms with Crippen molar-refractivity contribution in [3.8, 4) is 5.75 Å². The van der Waals surface area contributed by atoms with Crippen molar-refractivity contribution in [1.29, 1.82) is 0 Å². The van der Waals surface area contributed by atoms with Crippen LogP contribution in [0.15, 0.2) is 18.2 Å². The van der Waals surface area contributed by atoms with Crippen molar-refractivity contribution in [2.24, 2.45) is 0 Å². The van der Waals surface area contributed by atoms with E-state index in [0.717, 1.165) is 25.5 Å². The zero-order chi connectivity index (χ0) is 22.5. The van der Waals surface area contributed by atoms with E-state index in [1.165, 1.54) is 12.1 Å². The maximum atomic E-state index is 13.5. The van der Waals surface area contributed by atoms with Gasteiger partial charge >= 0.3 is 0 Å². The number of hydrogen-bond acceptors (Lipinski definition) is 6. The van der Waals surface area contributed by atoms with Gasteiger partial charge in [0.2, 0.25) is 5.91 Å². The summed E-state index contributed by atoms with van der Waals surface area (Å²) in [6.07, 6.45) is 3.63. The molecule has 2 heterocycles. The highest BCUT2D eigenvalue weighted by Crippen LogP contribution is 2.60. The highest BCUT2D eigenvalue weighted by atomic mass is 35.5. The van der Waals surface area contributed by atoms with E-state index in [1.807, 2.05) is 0 Å². The van der Waals surface area contributed by atoms with E-state index in [1.54, 1.807) is 0 Å². The van der Waals surface area contributed by atoms with Gasteiger partial charge in [-0.05, 0) is 50.8 Å². The number of aliphatic hydroxyl groups is 1. The summed E-state index contributed by atoms with van der Waals surface area (Å²) >= 11 is 5.64. The first-order chi connectivity index (χ1) is 15.2. The number of β-amino-alcohol motifs (C(OH)–C–C–N with tert-alkyl or cyclic N) is 1. The van der Waals surface area contributed by atoms with Crippen LogP contribution in [0.4, 0.5) is 4.39 Å². The van der Waals surface area contributed by atoms with Crippen LogP contribution in [0.5, 0.6) is 5.75 Å². The van der Waals surface area contributed by atoms with Crippen LogP contribution in [0.25, 0.3) is 0 Å². The van der Waals surface area contributed by atoms with Crippen LogP contribution < -0.4 is 20.7 Å². The lowest BCUT2D eigenvalue weighted by Gasteiger charge is -2.70. The van der Waals surface area contributed by atoms with Crippen molar-refractivity contribution in [3.63, 3.8) is 0 Å². The first-order valence-corrected chi connectivity index (χ1v) is 11.5. The van der Waals surface area contributed by atoms with Gasteiger partial charge in [-0.25, -0.2) is 4.39 Å². The molecule has 0 spiro atoms. The van der Waals surface area contributed by atoms with Gasteiger partial charge in [-0.3, -0.25) is 14.5 Å². The monoisotopic (exact) mass is 466 g/mol. The molecule has 5 aliphatic rings. The molecule has 8 nitrogen and oxygen atoms in total. The first-order valence-electron chi connectivity index (χ1n) is 11.1. The summed E-state index contributed by atoms with van der Waals surface area (Å²) in [5.74, 6) is -0.602. The predicted molar refractivity (Wildman–Crippen MR) is 115 cm³/mol. The number of rotatable bonds is 7. The van der Waals surface area contributed by atoms with Gasteiger partial charge < -0.3 is 25.8 Å². The Balaban J connectivity index is 1.04. The lowest BCUT2D eigenvalue weighted by Crippen LogP contribution is -2.84. The molecule has 32 heavy (non-hydrogen) atoms. The number of ether oxygens (including phenoxy) is 1. The number of amides is 2. The number of hydrogen-bond donors (Lipinski definition) is 4. The molecular weight excluding hydrogens is 439 g/mol. The Hall–Kier alpha value is -1.94. The number of nitrogens with zero attached hydrogens (tertiary/aromatic N) is 1. The van der Waals surface area contributed by atoms with E-state index in [4.69, 9.17) is 16.3 Å². The van der Waals surface area contributed by atoms with Crippen molar-refractivity contribution in [3.05, 3.63) is 29.0 Å². The summed E-state index contributed by atoms with van der Waals surface area (Å²) in [4.78, 5) is 27.3. The number of carbonyl (C=O) groups is 2. The molecule has 2 unspecified atom stereocenters. The summed E-state index contributed by atoms with van der Waals surface area (Å²) in [6, 6.07) is 4.16. The van der Waals surface area contributed by atoms with Gasteiger partial charge in [-0.1, -0.05) is 11.6 Å². The van der Waals surface area contributed by atoms with Crippen molar-refractivity contribution >= 4 is 23.4 Å². The van der Waals surface area contributed by atoms with Gasteiger partial charge in [0.15, 0.2) is 6.61 Å². The number of benzene rings is 1. The van der Waals surface area contributed by atoms with E-state index in [-0.39, 0.29) is 52.4 Å². The van der Waals surface area contributed by atoms with E-state index < -0.39 is 5.82 Å². The van der Waals surface area contributed by atoms with Gasteiger partial charge in [0.25, 0.3) is 5.91 Å². The fraction of sp³-hybridized carbons (Fsp3) is 0.636. The minimum Gasteiger partial charge on any atom is -0.484 e. The summed E-state index contributed by atoms with van der Waals surface area (Å²) in [7, 11) is 0. The largest absolute Gasteiger partial charge is 0.484 e. The maximum absolute atomic E-state index is 13.5. The lowest BCUT2D eigenvalue weighted by atomic mass is 9.44. The molecule has 3 aliphatic carbocycles. The van der Waals surface area contributed by atoms with Crippen molar-refractivity contribution in [2.45, 2.75) is 61.4 Å². The Morgan fingerprint density at radius 3 is 2.66 bits per heavy atom. The van der Waals surface area contributed by atoms with Crippen LogP contribution in [-0.2, 0) is 9.59 Å². The normalized spacial score (nSPS) is 34.0. The number of halogens is 2. The van der Waals surface area contributed by atoms with E-state index >= 15 is 0 Å². The number of aliphatic hydroxyl groups excluding tert-OH is 1. The number of likely N-dealkylation sites (tertiary alicyclic amines) is 1. The minimum atomic E-state index is -0.595. The summed E-state index contributed by atoms with van der Waals surface area (Å²) < 4.78 is 18.8. The summed E-state index contributed by atoms with van der Waals surface area (Å²) in [5.41, 5.74) is -0.513. The van der Waals surface area contributed by atoms with Crippen molar-refractivity contribution < 1.29 is 23.8 Å².